The topological polar surface area (TPSA) is 12.5 Å². The van der Waals surface area contributed by atoms with E-state index in [1.165, 1.54) is 18.5 Å². The number of nitrogens with zero attached hydrogens (tertiary/aromatic N) is 1. The predicted molar refractivity (Wildman–Crippen MR) is 77.4 cm³/mol. The van der Waals surface area contributed by atoms with E-state index in [4.69, 9.17) is 4.74 Å². The van der Waals surface area contributed by atoms with Gasteiger partial charge in [-0.3, -0.25) is 0 Å². The molecule has 0 aliphatic heterocycles. The molecule has 1 fully saturated rings. The molecule has 2 nitrogen and oxygen atoms in total. The van der Waals surface area contributed by atoms with Gasteiger partial charge in [0.05, 0.1) is 7.11 Å². The average molecular weight is 247 g/mol. The van der Waals surface area contributed by atoms with Crippen LogP contribution in [-0.4, -0.2) is 18.7 Å². The predicted octanol–water partition coefficient (Wildman–Crippen LogP) is 4.10. The zero-order valence-corrected chi connectivity index (χ0v) is 12.2. The van der Waals surface area contributed by atoms with Crippen molar-refractivity contribution in [2.24, 2.45) is 5.92 Å². The van der Waals surface area contributed by atoms with E-state index in [1.807, 2.05) is 12.1 Å². The van der Waals surface area contributed by atoms with E-state index in [9.17, 15) is 0 Å². The molecule has 0 amide bonds. The Morgan fingerprint density at radius 3 is 2.11 bits per heavy atom. The molecule has 1 saturated carbocycles. The normalized spacial score (nSPS) is 17.4. The lowest BCUT2D eigenvalue weighted by atomic mass is 9.99. The van der Waals surface area contributed by atoms with Crippen molar-refractivity contribution in [1.82, 2.24) is 0 Å². The summed E-state index contributed by atoms with van der Waals surface area (Å²) in [5.41, 5.74) is 1.44. The molecule has 100 valence electrons. The van der Waals surface area contributed by atoms with Gasteiger partial charge in [-0.05, 0) is 70.7 Å². The summed E-state index contributed by atoms with van der Waals surface area (Å²) in [5, 5.41) is 0. The fourth-order valence-corrected chi connectivity index (χ4v) is 2.77. The largest absolute Gasteiger partial charge is 0.497 e. The SMILES string of the molecule is COc1ccc(N(C(C)C2CC2)C(C)(C)C)cc1. The number of hydrogen-bond acceptors (Lipinski definition) is 2. The molecule has 18 heavy (non-hydrogen) atoms. The third-order valence-corrected chi connectivity index (χ3v) is 3.78. The van der Waals surface area contributed by atoms with E-state index in [0.717, 1.165) is 11.7 Å². The van der Waals surface area contributed by atoms with Crippen molar-refractivity contribution in [1.29, 1.82) is 0 Å². The van der Waals surface area contributed by atoms with Gasteiger partial charge in [0, 0.05) is 17.3 Å². The lowest BCUT2D eigenvalue weighted by molar-refractivity contribution is 0.412. The van der Waals surface area contributed by atoms with Crippen LogP contribution in [0.25, 0.3) is 0 Å². The van der Waals surface area contributed by atoms with Gasteiger partial charge in [-0.25, -0.2) is 0 Å². The minimum Gasteiger partial charge on any atom is -0.497 e. The molecule has 1 aliphatic rings. The van der Waals surface area contributed by atoms with Crippen LogP contribution in [-0.2, 0) is 0 Å². The maximum atomic E-state index is 5.24. The van der Waals surface area contributed by atoms with Crippen LogP contribution in [0.2, 0.25) is 0 Å². The molecule has 1 aromatic rings. The Morgan fingerprint density at radius 2 is 1.72 bits per heavy atom. The quantitative estimate of drug-likeness (QED) is 0.794. The van der Waals surface area contributed by atoms with Crippen molar-refractivity contribution in [3.63, 3.8) is 0 Å². The Bertz CT molecular complexity index is 387. The summed E-state index contributed by atoms with van der Waals surface area (Å²) in [6.45, 7) is 9.22. The zero-order chi connectivity index (χ0) is 13.3. The molecule has 0 spiro atoms. The van der Waals surface area contributed by atoms with Crippen LogP contribution in [0.4, 0.5) is 5.69 Å². The third-order valence-electron chi connectivity index (χ3n) is 3.78. The summed E-state index contributed by atoms with van der Waals surface area (Å²) < 4.78 is 5.24. The minimum atomic E-state index is 0.149. The highest BCUT2D eigenvalue weighted by atomic mass is 16.5. The number of ether oxygens (including phenoxy) is 1. The second-order valence-electron chi connectivity index (χ2n) is 6.32. The van der Waals surface area contributed by atoms with Gasteiger partial charge < -0.3 is 9.64 Å². The van der Waals surface area contributed by atoms with Gasteiger partial charge in [-0.2, -0.15) is 0 Å². The van der Waals surface area contributed by atoms with Crippen molar-refractivity contribution in [3.05, 3.63) is 24.3 Å². The molecule has 0 radical (unpaired) electrons. The van der Waals surface area contributed by atoms with Crippen molar-refractivity contribution in [2.45, 2.75) is 52.1 Å². The van der Waals surface area contributed by atoms with Crippen molar-refractivity contribution in [3.8, 4) is 5.75 Å². The summed E-state index contributed by atoms with van der Waals surface area (Å²) in [4.78, 5) is 2.55. The highest BCUT2D eigenvalue weighted by molar-refractivity contribution is 5.52. The summed E-state index contributed by atoms with van der Waals surface area (Å²) >= 11 is 0. The van der Waals surface area contributed by atoms with Crippen LogP contribution < -0.4 is 9.64 Å². The fourth-order valence-electron chi connectivity index (χ4n) is 2.77. The van der Waals surface area contributed by atoms with E-state index in [2.05, 4.69) is 44.7 Å². The molecule has 1 unspecified atom stereocenters. The van der Waals surface area contributed by atoms with Crippen LogP contribution in [0.1, 0.15) is 40.5 Å². The number of rotatable bonds is 4. The molecule has 2 heteroatoms. The second kappa shape index (κ2) is 4.83. The maximum Gasteiger partial charge on any atom is 0.119 e. The summed E-state index contributed by atoms with van der Waals surface area (Å²) in [6, 6.07) is 9.05. The Hall–Kier alpha value is -1.18. The molecular weight excluding hydrogens is 222 g/mol. The Labute approximate surface area is 111 Å². The lowest BCUT2D eigenvalue weighted by Gasteiger charge is -2.43. The van der Waals surface area contributed by atoms with Gasteiger partial charge in [0.1, 0.15) is 5.75 Å². The molecule has 0 saturated heterocycles. The van der Waals surface area contributed by atoms with Gasteiger partial charge in [0.25, 0.3) is 0 Å². The average Bonchev–Trinajstić information content (AvgIpc) is 3.12. The first-order valence-corrected chi connectivity index (χ1v) is 6.87. The van der Waals surface area contributed by atoms with E-state index < -0.39 is 0 Å². The first kappa shape index (κ1) is 13.3. The molecule has 1 aliphatic carbocycles. The highest BCUT2D eigenvalue weighted by Crippen LogP contribution is 2.40. The number of methoxy groups -OCH3 is 1. The minimum absolute atomic E-state index is 0.149. The van der Waals surface area contributed by atoms with Gasteiger partial charge in [-0.1, -0.05) is 0 Å². The Kier molecular flexibility index (Phi) is 3.56. The van der Waals surface area contributed by atoms with Crippen LogP contribution >= 0.6 is 0 Å². The number of benzene rings is 1. The van der Waals surface area contributed by atoms with Gasteiger partial charge >= 0.3 is 0 Å². The van der Waals surface area contributed by atoms with Gasteiger partial charge in [0.2, 0.25) is 0 Å². The van der Waals surface area contributed by atoms with Crippen LogP contribution in [0.15, 0.2) is 24.3 Å². The molecule has 0 heterocycles. The summed E-state index contributed by atoms with van der Waals surface area (Å²) in [6.07, 6.45) is 2.76. The summed E-state index contributed by atoms with van der Waals surface area (Å²) in [7, 11) is 1.71. The molecule has 0 bridgehead atoms. The van der Waals surface area contributed by atoms with E-state index in [0.29, 0.717) is 6.04 Å². The second-order valence-corrected chi connectivity index (χ2v) is 6.32. The molecular formula is C16H25NO. The standard InChI is InChI=1S/C16H25NO/c1-12(13-6-7-13)17(16(2,3)4)14-8-10-15(18-5)11-9-14/h8-13H,6-7H2,1-5H3. The third kappa shape index (κ3) is 2.80. The Balaban J connectivity index is 2.26. The zero-order valence-electron chi connectivity index (χ0n) is 12.2. The molecule has 1 atom stereocenters. The van der Waals surface area contributed by atoms with E-state index >= 15 is 0 Å². The van der Waals surface area contributed by atoms with Crippen molar-refractivity contribution < 1.29 is 4.74 Å². The molecule has 0 aromatic heterocycles. The lowest BCUT2D eigenvalue weighted by Crippen LogP contribution is -2.48. The smallest absolute Gasteiger partial charge is 0.119 e. The van der Waals surface area contributed by atoms with Crippen molar-refractivity contribution >= 4 is 5.69 Å². The first-order chi connectivity index (χ1) is 8.43. The van der Waals surface area contributed by atoms with Gasteiger partial charge in [0.15, 0.2) is 0 Å². The molecule has 1 aromatic carbocycles. The van der Waals surface area contributed by atoms with Crippen LogP contribution in [0.3, 0.4) is 0 Å². The molecule has 2 rings (SSSR count). The van der Waals surface area contributed by atoms with Gasteiger partial charge in [-0.15, -0.1) is 0 Å². The summed E-state index contributed by atoms with van der Waals surface area (Å²) in [5.74, 6) is 1.79. The fraction of sp³-hybridized carbons (Fsp3) is 0.625. The van der Waals surface area contributed by atoms with E-state index in [-0.39, 0.29) is 5.54 Å². The first-order valence-electron chi connectivity index (χ1n) is 6.87. The van der Waals surface area contributed by atoms with Crippen LogP contribution in [0.5, 0.6) is 5.75 Å². The number of hydrogen-bond donors (Lipinski definition) is 0. The van der Waals surface area contributed by atoms with Crippen LogP contribution in [0, 0.1) is 5.92 Å². The van der Waals surface area contributed by atoms with E-state index in [1.54, 1.807) is 7.11 Å². The highest BCUT2D eigenvalue weighted by Gasteiger charge is 2.36. The Morgan fingerprint density at radius 1 is 1.17 bits per heavy atom. The van der Waals surface area contributed by atoms with Crippen molar-refractivity contribution in [2.75, 3.05) is 12.0 Å². The monoisotopic (exact) mass is 247 g/mol. The number of anilines is 1. The maximum absolute atomic E-state index is 5.24. The molecule has 0 N–H and O–H groups in total.